The zero-order chi connectivity index (χ0) is 17.4. The SMILES string of the molecule is CC(CN(C)CC(=O)N(C)CCOc1ccc(Cl)cc1)C(=O)O. The number of rotatable bonds is 9. The van der Waals surface area contributed by atoms with Crippen LogP contribution in [-0.2, 0) is 9.59 Å². The summed E-state index contributed by atoms with van der Waals surface area (Å²) in [5.41, 5.74) is 0. The van der Waals surface area contributed by atoms with Crippen LogP contribution in [0.15, 0.2) is 24.3 Å². The Bertz CT molecular complexity index is 521. The Morgan fingerprint density at radius 2 is 1.87 bits per heavy atom. The molecule has 1 unspecified atom stereocenters. The van der Waals surface area contributed by atoms with Crippen LogP contribution < -0.4 is 4.74 Å². The summed E-state index contributed by atoms with van der Waals surface area (Å²) in [6, 6.07) is 7.02. The van der Waals surface area contributed by atoms with E-state index in [2.05, 4.69) is 0 Å². The number of nitrogens with zero attached hydrogens (tertiary/aromatic N) is 2. The molecule has 0 aliphatic heterocycles. The standard InChI is InChI=1S/C16H23ClN2O4/c1-12(16(21)22)10-18(2)11-15(20)19(3)8-9-23-14-6-4-13(17)5-7-14/h4-7,12H,8-11H2,1-3H3,(H,21,22). The van der Waals surface area contributed by atoms with E-state index in [1.165, 1.54) is 0 Å². The molecule has 1 amide bonds. The van der Waals surface area contributed by atoms with Crippen molar-refractivity contribution in [1.82, 2.24) is 9.80 Å². The number of hydrogen-bond acceptors (Lipinski definition) is 4. The van der Waals surface area contributed by atoms with Crippen molar-refractivity contribution in [3.8, 4) is 5.75 Å². The topological polar surface area (TPSA) is 70.1 Å². The second-order valence-corrected chi connectivity index (χ2v) is 5.99. The zero-order valence-electron chi connectivity index (χ0n) is 13.7. The summed E-state index contributed by atoms with van der Waals surface area (Å²) >= 11 is 5.79. The number of carbonyl (C=O) groups excluding carboxylic acids is 1. The number of ether oxygens (including phenoxy) is 1. The van der Waals surface area contributed by atoms with Crippen molar-refractivity contribution < 1.29 is 19.4 Å². The van der Waals surface area contributed by atoms with Gasteiger partial charge in [-0.05, 0) is 31.3 Å². The molecule has 128 valence electrons. The monoisotopic (exact) mass is 342 g/mol. The van der Waals surface area contributed by atoms with Gasteiger partial charge in [-0.1, -0.05) is 18.5 Å². The highest BCUT2D eigenvalue weighted by Gasteiger charge is 2.17. The van der Waals surface area contributed by atoms with Gasteiger partial charge in [-0.2, -0.15) is 0 Å². The molecular weight excluding hydrogens is 320 g/mol. The van der Waals surface area contributed by atoms with Gasteiger partial charge in [0.2, 0.25) is 5.91 Å². The first-order valence-corrected chi connectivity index (χ1v) is 7.71. The first kappa shape index (κ1) is 19.3. The van der Waals surface area contributed by atoms with Gasteiger partial charge in [0.1, 0.15) is 12.4 Å². The van der Waals surface area contributed by atoms with E-state index < -0.39 is 11.9 Å². The molecule has 0 spiro atoms. The lowest BCUT2D eigenvalue weighted by Gasteiger charge is -2.23. The zero-order valence-corrected chi connectivity index (χ0v) is 14.4. The summed E-state index contributed by atoms with van der Waals surface area (Å²) in [7, 11) is 3.43. The number of carbonyl (C=O) groups is 2. The third kappa shape index (κ3) is 7.34. The van der Waals surface area contributed by atoms with Gasteiger partial charge in [-0.3, -0.25) is 14.5 Å². The van der Waals surface area contributed by atoms with Gasteiger partial charge >= 0.3 is 5.97 Å². The molecule has 6 nitrogen and oxygen atoms in total. The molecule has 23 heavy (non-hydrogen) atoms. The van der Waals surface area contributed by atoms with Crippen LogP contribution >= 0.6 is 11.6 Å². The number of carboxylic acid groups (broad SMARTS) is 1. The minimum atomic E-state index is -0.867. The first-order chi connectivity index (χ1) is 10.8. The molecule has 1 N–H and O–H groups in total. The van der Waals surface area contributed by atoms with Crippen LogP contribution in [0.1, 0.15) is 6.92 Å². The van der Waals surface area contributed by atoms with E-state index in [4.69, 9.17) is 21.4 Å². The van der Waals surface area contributed by atoms with Gasteiger partial charge in [-0.25, -0.2) is 0 Å². The van der Waals surface area contributed by atoms with Crippen molar-refractivity contribution in [3.63, 3.8) is 0 Å². The van der Waals surface area contributed by atoms with E-state index in [0.29, 0.717) is 30.5 Å². The average Bonchev–Trinajstić information content (AvgIpc) is 2.48. The number of hydrogen-bond donors (Lipinski definition) is 1. The van der Waals surface area contributed by atoms with Gasteiger partial charge in [0, 0.05) is 18.6 Å². The molecule has 1 aromatic carbocycles. The summed E-state index contributed by atoms with van der Waals surface area (Å²) in [6.45, 7) is 2.95. The Morgan fingerprint density at radius 1 is 1.26 bits per heavy atom. The van der Waals surface area contributed by atoms with Gasteiger partial charge in [0.15, 0.2) is 0 Å². The van der Waals surface area contributed by atoms with Gasteiger partial charge in [-0.15, -0.1) is 0 Å². The molecule has 1 rings (SSSR count). The maximum atomic E-state index is 12.1. The highest BCUT2D eigenvalue weighted by Crippen LogP contribution is 2.15. The molecule has 0 aliphatic carbocycles. The Morgan fingerprint density at radius 3 is 2.43 bits per heavy atom. The second kappa shape index (κ2) is 9.37. The third-order valence-corrected chi connectivity index (χ3v) is 3.60. The number of benzene rings is 1. The molecule has 1 aromatic rings. The molecule has 1 atom stereocenters. The molecular formula is C16H23ClN2O4. The smallest absolute Gasteiger partial charge is 0.307 e. The van der Waals surface area contributed by atoms with Gasteiger partial charge < -0.3 is 14.7 Å². The number of amides is 1. The van der Waals surface area contributed by atoms with Crippen LogP contribution in [0.4, 0.5) is 0 Å². The van der Waals surface area contributed by atoms with E-state index in [1.54, 1.807) is 55.1 Å². The predicted octanol–water partition coefficient (Wildman–Crippen LogP) is 1.83. The molecule has 0 saturated heterocycles. The Hall–Kier alpha value is -1.79. The van der Waals surface area contributed by atoms with Crippen LogP contribution in [0.5, 0.6) is 5.75 Å². The van der Waals surface area contributed by atoms with Crippen molar-refractivity contribution in [2.75, 3.05) is 40.3 Å². The molecule has 0 fully saturated rings. The minimum absolute atomic E-state index is 0.0789. The highest BCUT2D eigenvalue weighted by atomic mass is 35.5. The number of halogens is 1. The van der Waals surface area contributed by atoms with Crippen LogP contribution in [0.25, 0.3) is 0 Å². The lowest BCUT2D eigenvalue weighted by Crippen LogP contribution is -2.40. The maximum absolute atomic E-state index is 12.1. The quantitative estimate of drug-likeness (QED) is 0.741. The third-order valence-electron chi connectivity index (χ3n) is 3.35. The Labute approximate surface area is 141 Å². The van der Waals surface area contributed by atoms with Crippen LogP contribution in [-0.4, -0.2) is 67.1 Å². The van der Waals surface area contributed by atoms with E-state index in [9.17, 15) is 9.59 Å². The lowest BCUT2D eigenvalue weighted by atomic mass is 10.2. The number of carboxylic acids is 1. The molecule has 0 saturated carbocycles. The van der Waals surface area contributed by atoms with Crippen LogP contribution in [0.3, 0.4) is 0 Å². The number of likely N-dealkylation sites (N-methyl/N-ethyl adjacent to an activating group) is 2. The fourth-order valence-corrected chi connectivity index (χ4v) is 2.04. The summed E-state index contributed by atoms with van der Waals surface area (Å²) < 4.78 is 5.54. The Kier molecular flexibility index (Phi) is 7.85. The van der Waals surface area contributed by atoms with E-state index in [0.717, 1.165) is 0 Å². The maximum Gasteiger partial charge on any atom is 0.307 e. The summed E-state index contributed by atoms with van der Waals surface area (Å²) in [4.78, 5) is 26.1. The van der Waals surface area contributed by atoms with Crippen LogP contribution in [0, 0.1) is 5.92 Å². The van der Waals surface area contributed by atoms with Crippen molar-refractivity contribution in [3.05, 3.63) is 29.3 Å². The van der Waals surface area contributed by atoms with E-state index >= 15 is 0 Å². The van der Waals surface area contributed by atoms with Crippen molar-refractivity contribution in [2.45, 2.75) is 6.92 Å². The van der Waals surface area contributed by atoms with Crippen molar-refractivity contribution >= 4 is 23.5 Å². The van der Waals surface area contributed by atoms with Crippen molar-refractivity contribution in [2.24, 2.45) is 5.92 Å². The molecule has 7 heteroatoms. The first-order valence-electron chi connectivity index (χ1n) is 7.33. The summed E-state index contributed by atoms with van der Waals surface area (Å²) in [5.74, 6) is -0.757. The fourth-order valence-electron chi connectivity index (χ4n) is 1.92. The predicted molar refractivity (Wildman–Crippen MR) is 88.9 cm³/mol. The van der Waals surface area contributed by atoms with Gasteiger partial charge in [0.25, 0.3) is 0 Å². The van der Waals surface area contributed by atoms with Crippen LogP contribution in [0.2, 0.25) is 5.02 Å². The van der Waals surface area contributed by atoms with Crippen molar-refractivity contribution in [1.29, 1.82) is 0 Å². The Balaban J connectivity index is 2.30. The second-order valence-electron chi connectivity index (χ2n) is 5.55. The highest BCUT2D eigenvalue weighted by molar-refractivity contribution is 6.30. The molecule has 0 aromatic heterocycles. The summed E-state index contributed by atoms with van der Waals surface area (Å²) in [5, 5.41) is 9.51. The fraction of sp³-hybridized carbons (Fsp3) is 0.500. The molecule has 0 aliphatic rings. The van der Waals surface area contributed by atoms with E-state index in [1.807, 2.05) is 0 Å². The van der Waals surface area contributed by atoms with E-state index in [-0.39, 0.29) is 12.5 Å². The molecule has 0 radical (unpaired) electrons. The normalized spacial score (nSPS) is 12.0. The summed E-state index contributed by atoms with van der Waals surface area (Å²) in [6.07, 6.45) is 0. The number of aliphatic carboxylic acids is 1. The van der Waals surface area contributed by atoms with Gasteiger partial charge in [0.05, 0.1) is 19.0 Å². The average molecular weight is 343 g/mol. The molecule has 0 bridgehead atoms. The minimum Gasteiger partial charge on any atom is -0.492 e. The lowest BCUT2D eigenvalue weighted by molar-refractivity contribution is -0.142. The molecule has 0 heterocycles. The largest absolute Gasteiger partial charge is 0.492 e.